The molecule has 0 aliphatic carbocycles. The monoisotopic (exact) mass is 249 g/mol. The minimum atomic E-state index is -0.535. The van der Waals surface area contributed by atoms with Crippen LogP contribution >= 0.6 is 0 Å². The number of hydrogen-bond acceptors (Lipinski definition) is 5. The highest BCUT2D eigenvalue weighted by atomic mass is 16.5. The number of anilines is 1. The van der Waals surface area contributed by atoms with E-state index in [0.29, 0.717) is 12.2 Å². The van der Waals surface area contributed by atoms with Gasteiger partial charge in [-0.1, -0.05) is 0 Å². The first-order chi connectivity index (χ1) is 8.51. The number of esters is 1. The molecular weight excluding hydrogens is 234 g/mol. The summed E-state index contributed by atoms with van der Waals surface area (Å²) in [6, 6.07) is 1.95. The highest BCUT2D eigenvalue weighted by Gasteiger charge is 2.15. The number of aryl methyl sites for hydroxylation is 2. The van der Waals surface area contributed by atoms with Crippen LogP contribution in [-0.4, -0.2) is 32.6 Å². The molecule has 7 heteroatoms. The van der Waals surface area contributed by atoms with Crippen molar-refractivity contribution in [2.24, 2.45) is 7.05 Å². The zero-order chi connectivity index (χ0) is 13.3. The molecule has 0 unspecified atom stereocenters. The van der Waals surface area contributed by atoms with Gasteiger partial charge < -0.3 is 10.5 Å². The van der Waals surface area contributed by atoms with Crippen molar-refractivity contribution in [3.8, 4) is 0 Å². The van der Waals surface area contributed by atoms with E-state index in [9.17, 15) is 4.79 Å². The van der Waals surface area contributed by atoms with Crippen LogP contribution in [0.5, 0.6) is 0 Å². The summed E-state index contributed by atoms with van der Waals surface area (Å²) in [5, 5.41) is 8.34. The predicted molar refractivity (Wildman–Crippen MR) is 65.0 cm³/mol. The van der Waals surface area contributed by atoms with E-state index in [2.05, 4.69) is 14.9 Å². The molecule has 18 heavy (non-hydrogen) atoms. The Balaban J connectivity index is 2.25. The molecule has 2 aromatic rings. The van der Waals surface area contributed by atoms with Gasteiger partial charge in [0.05, 0.1) is 30.7 Å². The van der Waals surface area contributed by atoms with E-state index in [0.717, 1.165) is 11.4 Å². The molecular formula is C11H15N5O2. The van der Waals surface area contributed by atoms with Gasteiger partial charge in [0, 0.05) is 13.2 Å². The Kier molecular flexibility index (Phi) is 3.05. The number of aromatic nitrogens is 4. The van der Waals surface area contributed by atoms with Gasteiger partial charge in [0.1, 0.15) is 0 Å². The SMILES string of the molecule is COC(=O)c1nn(Cc2cc(C)nn2C)cc1N. The summed E-state index contributed by atoms with van der Waals surface area (Å²) in [5.41, 5.74) is 8.06. The molecule has 0 aliphatic heterocycles. The zero-order valence-electron chi connectivity index (χ0n) is 10.5. The molecule has 0 radical (unpaired) electrons. The maximum absolute atomic E-state index is 11.4. The molecule has 0 bridgehead atoms. The standard InChI is InChI=1S/C11H15N5O2/c1-7-4-8(15(2)13-7)5-16-6-9(12)10(14-16)11(17)18-3/h4,6H,5,12H2,1-3H3. The van der Waals surface area contributed by atoms with Gasteiger partial charge in [0.15, 0.2) is 5.69 Å². The van der Waals surface area contributed by atoms with E-state index in [1.54, 1.807) is 15.6 Å². The first kappa shape index (κ1) is 12.2. The average molecular weight is 249 g/mol. The zero-order valence-corrected chi connectivity index (χ0v) is 10.5. The van der Waals surface area contributed by atoms with Crippen LogP contribution in [0.25, 0.3) is 0 Å². The van der Waals surface area contributed by atoms with Gasteiger partial charge in [0.25, 0.3) is 0 Å². The van der Waals surface area contributed by atoms with Gasteiger partial charge >= 0.3 is 5.97 Å². The number of nitrogens with zero attached hydrogens (tertiary/aromatic N) is 4. The molecule has 0 spiro atoms. The summed E-state index contributed by atoms with van der Waals surface area (Å²) < 4.78 is 7.96. The number of carbonyl (C=O) groups is 1. The summed E-state index contributed by atoms with van der Waals surface area (Å²) in [6.07, 6.45) is 1.61. The van der Waals surface area contributed by atoms with Crippen molar-refractivity contribution >= 4 is 11.7 Å². The third-order valence-electron chi connectivity index (χ3n) is 2.59. The Morgan fingerprint density at radius 2 is 2.22 bits per heavy atom. The van der Waals surface area contributed by atoms with Crippen molar-refractivity contribution in [3.63, 3.8) is 0 Å². The molecule has 0 aromatic carbocycles. The van der Waals surface area contributed by atoms with Crippen molar-refractivity contribution in [2.45, 2.75) is 13.5 Å². The fourth-order valence-electron chi connectivity index (χ4n) is 1.75. The maximum atomic E-state index is 11.4. The highest BCUT2D eigenvalue weighted by molar-refractivity contribution is 5.92. The minimum Gasteiger partial charge on any atom is -0.464 e. The Bertz CT molecular complexity index is 584. The summed E-state index contributed by atoms with van der Waals surface area (Å²) in [5.74, 6) is -0.535. The molecule has 0 saturated heterocycles. The number of methoxy groups -OCH3 is 1. The lowest BCUT2D eigenvalue weighted by Gasteiger charge is -2.01. The van der Waals surface area contributed by atoms with E-state index in [-0.39, 0.29) is 5.69 Å². The van der Waals surface area contributed by atoms with E-state index in [4.69, 9.17) is 5.73 Å². The van der Waals surface area contributed by atoms with Crippen LogP contribution in [0.15, 0.2) is 12.3 Å². The molecule has 2 heterocycles. The summed E-state index contributed by atoms with van der Waals surface area (Å²) >= 11 is 0. The molecule has 0 amide bonds. The topological polar surface area (TPSA) is 88.0 Å². The van der Waals surface area contributed by atoms with Crippen molar-refractivity contribution in [1.29, 1.82) is 0 Å². The predicted octanol–water partition coefficient (Wildman–Crippen LogP) is 0.342. The molecule has 0 saturated carbocycles. The fraction of sp³-hybridized carbons (Fsp3) is 0.364. The van der Waals surface area contributed by atoms with Crippen molar-refractivity contribution in [2.75, 3.05) is 12.8 Å². The summed E-state index contributed by atoms with van der Waals surface area (Å²) in [4.78, 5) is 11.4. The van der Waals surface area contributed by atoms with Crippen molar-refractivity contribution in [3.05, 3.63) is 29.3 Å². The number of hydrogen-bond donors (Lipinski definition) is 1. The van der Waals surface area contributed by atoms with E-state index >= 15 is 0 Å². The molecule has 2 aromatic heterocycles. The Hall–Kier alpha value is -2.31. The van der Waals surface area contributed by atoms with E-state index < -0.39 is 5.97 Å². The van der Waals surface area contributed by atoms with Gasteiger partial charge in [-0.05, 0) is 13.0 Å². The quantitative estimate of drug-likeness (QED) is 0.792. The number of carbonyl (C=O) groups excluding carboxylic acids is 1. The number of ether oxygens (including phenoxy) is 1. The van der Waals surface area contributed by atoms with E-state index in [1.165, 1.54) is 7.11 Å². The largest absolute Gasteiger partial charge is 0.464 e. The van der Waals surface area contributed by atoms with Crippen molar-refractivity contribution < 1.29 is 9.53 Å². The third-order valence-corrected chi connectivity index (χ3v) is 2.59. The summed E-state index contributed by atoms with van der Waals surface area (Å²) in [6.45, 7) is 2.42. The van der Waals surface area contributed by atoms with Crippen molar-refractivity contribution in [1.82, 2.24) is 19.6 Å². The molecule has 0 atom stereocenters. The van der Waals surface area contributed by atoms with E-state index in [1.807, 2.05) is 20.0 Å². The van der Waals surface area contributed by atoms with Crippen LogP contribution < -0.4 is 5.73 Å². The molecule has 0 aliphatic rings. The molecule has 0 fully saturated rings. The van der Waals surface area contributed by atoms with Crippen LogP contribution in [0.4, 0.5) is 5.69 Å². The fourth-order valence-corrected chi connectivity index (χ4v) is 1.75. The average Bonchev–Trinajstić information content (AvgIpc) is 2.82. The lowest BCUT2D eigenvalue weighted by molar-refractivity contribution is 0.0594. The number of nitrogens with two attached hydrogens (primary N) is 1. The highest BCUT2D eigenvalue weighted by Crippen LogP contribution is 2.12. The normalized spacial score (nSPS) is 10.6. The molecule has 96 valence electrons. The van der Waals surface area contributed by atoms with Gasteiger partial charge in [0.2, 0.25) is 0 Å². The lowest BCUT2D eigenvalue weighted by Crippen LogP contribution is -2.08. The molecule has 2 rings (SSSR count). The van der Waals surface area contributed by atoms with Crippen LogP contribution in [0.1, 0.15) is 21.9 Å². The molecule has 2 N–H and O–H groups in total. The Labute approximate surface area is 104 Å². The first-order valence-electron chi connectivity index (χ1n) is 5.42. The van der Waals surface area contributed by atoms with Gasteiger partial charge in [-0.15, -0.1) is 0 Å². The smallest absolute Gasteiger partial charge is 0.360 e. The van der Waals surface area contributed by atoms with Gasteiger partial charge in [-0.2, -0.15) is 10.2 Å². The molecule has 7 nitrogen and oxygen atoms in total. The second-order valence-electron chi connectivity index (χ2n) is 4.02. The number of rotatable bonds is 3. The van der Waals surface area contributed by atoms with Crippen LogP contribution in [0.2, 0.25) is 0 Å². The van der Waals surface area contributed by atoms with Gasteiger partial charge in [-0.3, -0.25) is 9.36 Å². The first-order valence-corrected chi connectivity index (χ1v) is 5.42. The van der Waals surface area contributed by atoms with Crippen LogP contribution in [0.3, 0.4) is 0 Å². The second kappa shape index (κ2) is 4.52. The number of nitrogen functional groups attached to an aromatic ring is 1. The minimum absolute atomic E-state index is 0.136. The Morgan fingerprint density at radius 3 is 2.78 bits per heavy atom. The second-order valence-corrected chi connectivity index (χ2v) is 4.02. The lowest BCUT2D eigenvalue weighted by atomic mass is 10.3. The van der Waals surface area contributed by atoms with Crippen LogP contribution in [-0.2, 0) is 18.3 Å². The Morgan fingerprint density at radius 1 is 1.50 bits per heavy atom. The third kappa shape index (κ3) is 2.20. The summed E-state index contributed by atoms with van der Waals surface area (Å²) in [7, 11) is 3.15. The maximum Gasteiger partial charge on any atom is 0.360 e. The van der Waals surface area contributed by atoms with Crippen LogP contribution in [0, 0.1) is 6.92 Å². The van der Waals surface area contributed by atoms with Gasteiger partial charge in [-0.25, -0.2) is 4.79 Å².